The van der Waals surface area contributed by atoms with Crippen LogP contribution in [0.15, 0.2) is 0 Å². The number of hydrogen-bond donors (Lipinski definition) is 3. The summed E-state index contributed by atoms with van der Waals surface area (Å²) in [6, 6.07) is 0. The molecule has 11 heteroatoms. The molecule has 0 rings (SSSR count). The van der Waals surface area contributed by atoms with Crippen LogP contribution >= 0.6 is 7.82 Å². The van der Waals surface area contributed by atoms with E-state index in [2.05, 4.69) is 0 Å². The summed E-state index contributed by atoms with van der Waals surface area (Å²) < 4.78 is 17.4. The molecule has 0 fully saturated rings. The van der Waals surface area contributed by atoms with E-state index < -0.39 is 17.0 Å². The minimum atomic E-state index is -4.64. The van der Waals surface area contributed by atoms with Crippen molar-refractivity contribution in [3.63, 3.8) is 0 Å². The van der Waals surface area contributed by atoms with Gasteiger partial charge in [0.2, 0.25) is 0 Å². The van der Waals surface area contributed by atoms with Crippen molar-refractivity contribution in [1.29, 1.82) is 0 Å². The van der Waals surface area contributed by atoms with Gasteiger partial charge in [-0.05, 0) is 0 Å². The summed E-state index contributed by atoms with van der Waals surface area (Å²) in [5.41, 5.74) is 0. The SMILES string of the molecule is O=P(O)(O)O.O=[Si]([O-])[O-].[K+].[K+]. The van der Waals surface area contributed by atoms with Crippen LogP contribution in [0.5, 0.6) is 0 Å². The molecule has 0 aliphatic rings. The van der Waals surface area contributed by atoms with Crippen LogP contribution in [-0.2, 0) is 9.03 Å². The molecule has 11 heavy (non-hydrogen) atoms. The van der Waals surface area contributed by atoms with Gasteiger partial charge in [-0.3, -0.25) is 0 Å². The molecule has 0 aromatic rings. The van der Waals surface area contributed by atoms with Crippen molar-refractivity contribution in [2.75, 3.05) is 0 Å². The molecule has 0 heterocycles. The van der Waals surface area contributed by atoms with E-state index in [1.165, 1.54) is 0 Å². The molecule has 0 aliphatic heterocycles. The molecule has 0 saturated heterocycles. The average molecular weight is 252 g/mol. The predicted molar refractivity (Wildman–Crippen MR) is 20.7 cm³/mol. The standard InChI is InChI=1S/2K.H3O4P.O3Si/c;;1-5(2,3)4;1-4(2)3/h;;(H3,1,2,3,4);/q2*+1;;-2. The summed E-state index contributed by atoms with van der Waals surface area (Å²) >= 11 is 0. The molecule has 0 radical (unpaired) electrons. The second kappa shape index (κ2) is 13.0. The molecule has 56 valence electrons. The Labute approximate surface area is 149 Å². The molecule has 0 atom stereocenters. The Morgan fingerprint density at radius 3 is 1.09 bits per heavy atom. The smallest absolute Gasteiger partial charge is 0.672 e. The van der Waals surface area contributed by atoms with Crippen LogP contribution in [0, 0.1) is 0 Å². The van der Waals surface area contributed by atoms with Crippen LogP contribution in [0.25, 0.3) is 0 Å². The Morgan fingerprint density at radius 1 is 1.09 bits per heavy atom. The number of rotatable bonds is 0. The zero-order valence-electron chi connectivity index (χ0n) is 5.92. The van der Waals surface area contributed by atoms with Crippen LogP contribution in [0.4, 0.5) is 0 Å². The first-order valence-electron chi connectivity index (χ1n) is 1.39. The van der Waals surface area contributed by atoms with Crippen molar-refractivity contribution in [1.82, 2.24) is 0 Å². The maximum absolute atomic E-state index is 8.88. The number of hydrogen-bond acceptors (Lipinski definition) is 4. The van der Waals surface area contributed by atoms with E-state index in [0.29, 0.717) is 0 Å². The molecular weight excluding hydrogens is 249 g/mol. The predicted octanol–water partition coefficient (Wildman–Crippen LogP) is -9.80. The van der Waals surface area contributed by atoms with Crippen LogP contribution < -0.4 is 112 Å². The summed E-state index contributed by atoms with van der Waals surface area (Å²) in [7, 11) is -8.27. The van der Waals surface area contributed by atoms with Gasteiger partial charge in [0.25, 0.3) is 0 Å². The molecule has 3 N–H and O–H groups in total. The molecule has 0 bridgehead atoms. The Bertz CT molecular complexity index is 116. The molecule has 0 unspecified atom stereocenters. The third kappa shape index (κ3) is 175. The van der Waals surface area contributed by atoms with Gasteiger partial charge in [-0.15, -0.1) is 0 Å². The van der Waals surface area contributed by atoms with Crippen molar-refractivity contribution >= 4 is 17.0 Å². The van der Waals surface area contributed by atoms with Gasteiger partial charge >= 0.3 is 111 Å². The second-order valence-corrected chi connectivity index (χ2v) is 2.29. The molecular formula is H3K2O7PSi. The molecule has 0 aromatic carbocycles. The molecule has 7 nitrogen and oxygen atoms in total. The molecule has 0 aromatic heterocycles. The van der Waals surface area contributed by atoms with Gasteiger partial charge in [-0.1, -0.05) is 0 Å². The van der Waals surface area contributed by atoms with Gasteiger partial charge in [0.15, 0.2) is 0 Å². The minimum absolute atomic E-state index is 0. The fourth-order valence-electron chi connectivity index (χ4n) is 0. The van der Waals surface area contributed by atoms with Gasteiger partial charge in [-0.25, -0.2) is 4.57 Å². The van der Waals surface area contributed by atoms with Crippen LogP contribution in [0.3, 0.4) is 0 Å². The first kappa shape index (κ1) is 23.7. The van der Waals surface area contributed by atoms with E-state index in [9.17, 15) is 0 Å². The van der Waals surface area contributed by atoms with Crippen LogP contribution in [0.1, 0.15) is 0 Å². The molecule has 0 aliphatic carbocycles. The van der Waals surface area contributed by atoms with Crippen LogP contribution in [0.2, 0.25) is 0 Å². The largest absolute Gasteiger partial charge is 1.00 e. The summed E-state index contributed by atoms with van der Waals surface area (Å²) in [5.74, 6) is 0. The molecule has 0 saturated carbocycles. The minimum Gasteiger partial charge on any atom is -0.672 e. The maximum Gasteiger partial charge on any atom is 1.00 e. The Hall–Kier alpha value is 3.00. The molecule has 0 amide bonds. The second-order valence-electron chi connectivity index (χ2n) is 0.763. The van der Waals surface area contributed by atoms with E-state index in [1.54, 1.807) is 0 Å². The quantitative estimate of drug-likeness (QED) is 0.287. The fourth-order valence-corrected chi connectivity index (χ4v) is 0. The van der Waals surface area contributed by atoms with Crippen molar-refractivity contribution in [3.8, 4) is 0 Å². The van der Waals surface area contributed by atoms with E-state index in [4.69, 9.17) is 33.3 Å². The number of phosphoric acid groups is 1. The Morgan fingerprint density at radius 2 is 1.09 bits per heavy atom. The van der Waals surface area contributed by atoms with Gasteiger partial charge in [0, 0.05) is 9.17 Å². The summed E-state index contributed by atoms with van der Waals surface area (Å²) in [6.45, 7) is 0. The van der Waals surface area contributed by atoms with Gasteiger partial charge in [0.05, 0.1) is 0 Å². The van der Waals surface area contributed by atoms with Crippen molar-refractivity contribution in [2.45, 2.75) is 0 Å². The summed E-state index contributed by atoms with van der Waals surface area (Å²) in [6.07, 6.45) is 0. The van der Waals surface area contributed by atoms with Crippen molar-refractivity contribution < 1.29 is 136 Å². The zero-order valence-corrected chi connectivity index (χ0v) is 14.1. The van der Waals surface area contributed by atoms with E-state index >= 15 is 0 Å². The first-order chi connectivity index (χ1) is 3.73. The van der Waals surface area contributed by atoms with E-state index in [0.717, 1.165) is 0 Å². The first-order valence-corrected chi connectivity index (χ1v) is 4.18. The van der Waals surface area contributed by atoms with E-state index in [1.807, 2.05) is 0 Å². The fraction of sp³-hybridized carbons (Fsp3) is 0. The Balaban J connectivity index is -0.0000000383. The third-order valence-corrected chi connectivity index (χ3v) is 0. The normalized spacial score (nSPS) is 7.55. The zero-order chi connectivity index (χ0) is 8.08. The van der Waals surface area contributed by atoms with Gasteiger partial charge in [-0.2, -0.15) is 0 Å². The third-order valence-electron chi connectivity index (χ3n) is 0. The monoisotopic (exact) mass is 252 g/mol. The van der Waals surface area contributed by atoms with Crippen molar-refractivity contribution in [2.24, 2.45) is 0 Å². The van der Waals surface area contributed by atoms with E-state index in [-0.39, 0.29) is 103 Å². The summed E-state index contributed by atoms with van der Waals surface area (Å²) in [4.78, 5) is 38.6. The van der Waals surface area contributed by atoms with Gasteiger partial charge in [0.1, 0.15) is 0 Å². The van der Waals surface area contributed by atoms with Gasteiger partial charge < -0.3 is 28.7 Å². The average Bonchev–Trinajstić information content (AvgIpc) is 1.19. The van der Waals surface area contributed by atoms with Crippen molar-refractivity contribution in [3.05, 3.63) is 0 Å². The topological polar surface area (TPSA) is 141 Å². The molecule has 0 spiro atoms. The van der Waals surface area contributed by atoms with Crippen LogP contribution in [-0.4, -0.2) is 23.9 Å². The Kier molecular flexibility index (Phi) is 28.0. The summed E-state index contributed by atoms with van der Waals surface area (Å²) in [5, 5.41) is 0. The maximum atomic E-state index is 8.88.